The molecule has 6 rings (SSSR count). The molecular formula is C32H24F2N4O6. The van der Waals surface area contributed by atoms with E-state index in [1.165, 1.54) is 61.3 Å². The number of carbonyl (C=O) groups is 2. The molecule has 3 aromatic carbocycles. The first-order valence-corrected chi connectivity index (χ1v) is 13.4. The first-order valence-electron chi connectivity index (χ1n) is 13.4. The zero-order valence-corrected chi connectivity index (χ0v) is 23.4. The predicted octanol–water partition coefficient (Wildman–Crippen LogP) is 5.01. The molecule has 0 radical (unpaired) electrons. The summed E-state index contributed by atoms with van der Waals surface area (Å²) in [4.78, 5) is 43.3. The van der Waals surface area contributed by atoms with E-state index in [0.29, 0.717) is 28.6 Å². The highest BCUT2D eigenvalue weighted by molar-refractivity contribution is 6.06. The summed E-state index contributed by atoms with van der Waals surface area (Å²) in [5.74, 6) is -1.86. The molecule has 0 aliphatic carbocycles. The molecule has 1 aliphatic rings. The van der Waals surface area contributed by atoms with Crippen LogP contribution in [0.1, 0.15) is 26.3 Å². The highest BCUT2D eigenvalue weighted by Crippen LogP contribution is 2.35. The molecule has 44 heavy (non-hydrogen) atoms. The number of rotatable bonds is 7. The SMILES string of the molecule is CNC(=O)c1cc2nccc(Oc3ccc(NC(=O)c4c5c(cn(-c6ccc(F)cc6)c4=O)CCO5)cc3F)c2cc1OC. The third-order valence-electron chi connectivity index (χ3n) is 7.09. The lowest BCUT2D eigenvalue weighted by Crippen LogP contribution is -2.29. The van der Waals surface area contributed by atoms with Crippen LogP contribution in [0.4, 0.5) is 14.5 Å². The number of nitrogens with zero attached hydrogens (tertiary/aromatic N) is 2. The monoisotopic (exact) mass is 598 g/mol. The molecule has 2 aromatic heterocycles. The van der Waals surface area contributed by atoms with Crippen molar-refractivity contribution in [1.82, 2.24) is 14.9 Å². The van der Waals surface area contributed by atoms with Gasteiger partial charge in [0.2, 0.25) is 0 Å². The van der Waals surface area contributed by atoms with Crippen molar-refractivity contribution >= 4 is 28.4 Å². The second-order valence-electron chi connectivity index (χ2n) is 9.77. The molecule has 12 heteroatoms. The van der Waals surface area contributed by atoms with E-state index >= 15 is 4.39 Å². The van der Waals surface area contributed by atoms with Gasteiger partial charge in [-0.2, -0.15) is 0 Å². The van der Waals surface area contributed by atoms with E-state index in [-0.39, 0.29) is 52.3 Å². The number of nitrogens with one attached hydrogen (secondary N) is 2. The van der Waals surface area contributed by atoms with Gasteiger partial charge in [-0.1, -0.05) is 0 Å². The lowest BCUT2D eigenvalue weighted by atomic mass is 10.1. The van der Waals surface area contributed by atoms with Gasteiger partial charge in [0.1, 0.15) is 28.6 Å². The molecular weight excluding hydrogens is 574 g/mol. The van der Waals surface area contributed by atoms with Crippen LogP contribution in [-0.2, 0) is 6.42 Å². The highest BCUT2D eigenvalue weighted by atomic mass is 19.1. The van der Waals surface area contributed by atoms with Gasteiger partial charge in [-0.25, -0.2) is 8.78 Å². The highest BCUT2D eigenvalue weighted by Gasteiger charge is 2.27. The molecule has 3 heterocycles. The number of methoxy groups -OCH3 is 1. The van der Waals surface area contributed by atoms with Crippen LogP contribution in [0.5, 0.6) is 23.0 Å². The Kier molecular flexibility index (Phi) is 7.39. The van der Waals surface area contributed by atoms with Gasteiger partial charge in [0.05, 0.1) is 24.8 Å². The van der Waals surface area contributed by atoms with E-state index < -0.39 is 23.1 Å². The van der Waals surface area contributed by atoms with E-state index in [2.05, 4.69) is 15.6 Å². The zero-order valence-electron chi connectivity index (χ0n) is 23.4. The summed E-state index contributed by atoms with van der Waals surface area (Å²) in [6.45, 7) is 0.284. The normalized spacial score (nSPS) is 11.9. The Hall–Kier alpha value is -5.78. The molecule has 222 valence electrons. The molecule has 0 bridgehead atoms. The summed E-state index contributed by atoms with van der Waals surface area (Å²) in [5, 5.41) is 5.58. The Balaban J connectivity index is 1.29. The maximum Gasteiger partial charge on any atom is 0.271 e. The number of ether oxygens (including phenoxy) is 3. The number of hydrogen-bond donors (Lipinski definition) is 2. The smallest absolute Gasteiger partial charge is 0.271 e. The minimum absolute atomic E-state index is 0.0691. The largest absolute Gasteiger partial charge is 0.496 e. The van der Waals surface area contributed by atoms with Crippen LogP contribution in [0.2, 0.25) is 0 Å². The molecule has 0 saturated heterocycles. The standard InChI is InChI=1S/C32H24F2N4O6/c1-35-30(39)22-14-24-21(15-27(22)42-2)25(9-11-36-24)44-26-8-5-19(13-23(26)34)37-31(40)28-29-17(10-12-43-29)16-38(32(28)41)20-6-3-18(33)4-7-20/h3-9,11,13-16H,10,12H2,1-2H3,(H,35,39)(H,37,40). The number of halogens is 2. The van der Waals surface area contributed by atoms with E-state index in [9.17, 15) is 18.8 Å². The van der Waals surface area contributed by atoms with Gasteiger partial charge in [0.25, 0.3) is 17.4 Å². The number of anilines is 1. The summed E-state index contributed by atoms with van der Waals surface area (Å²) in [7, 11) is 2.92. The van der Waals surface area contributed by atoms with Crippen LogP contribution in [0.15, 0.2) is 77.9 Å². The maximum absolute atomic E-state index is 15.3. The quantitative estimate of drug-likeness (QED) is 0.270. The minimum Gasteiger partial charge on any atom is -0.496 e. The number of aromatic nitrogens is 2. The average molecular weight is 599 g/mol. The van der Waals surface area contributed by atoms with Gasteiger partial charge in [0, 0.05) is 54.3 Å². The van der Waals surface area contributed by atoms with Crippen molar-refractivity contribution in [2.45, 2.75) is 6.42 Å². The predicted molar refractivity (Wildman–Crippen MR) is 157 cm³/mol. The van der Waals surface area contributed by atoms with Crippen molar-refractivity contribution in [3.63, 3.8) is 0 Å². The Morgan fingerprint density at radius 3 is 2.50 bits per heavy atom. The Labute approximate surface area is 248 Å². The summed E-state index contributed by atoms with van der Waals surface area (Å²) in [6.07, 6.45) is 3.50. The molecule has 2 amide bonds. The maximum atomic E-state index is 15.3. The van der Waals surface area contributed by atoms with Crippen molar-refractivity contribution in [2.24, 2.45) is 0 Å². The van der Waals surface area contributed by atoms with E-state index in [1.54, 1.807) is 24.4 Å². The molecule has 0 fully saturated rings. The van der Waals surface area contributed by atoms with E-state index in [1.807, 2.05) is 0 Å². The lowest BCUT2D eigenvalue weighted by molar-refractivity contribution is 0.0959. The fourth-order valence-electron chi connectivity index (χ4n) is 4.94. The topological polar surface area (TPSA) is 121 Å². The van der Waals surface area contributed by atoms with E-state index in [4.69, 9.17) is 14.2 Å². The van der Waals surface area contributed by atoms with Crippen LogP contribution in [0.3, 0.4) is 0 Å². The number of amides is 2. The number of benzene rings is 3. The molecule has 10 nitrogen and oxygen atoms in total. The molecule has 0 atom stereocenters. The summed E-state index contributed by atoms with van der Waals surface area (Å²) in [6, 6.07) is 13.8. The number of carbonyl (C=O) groups excluding carboxylic acids is 2. The fourth-order valence-corrected chi connectivity index (χ4v) is 4.94. The second-order valence-corrected chi connectivity index (χ2v) is 9.77. The molecule has 0 spiro atoms. The van der Waals surface area contributed by atoms with Crippen LogP contribution in [0.25, 0.3) is 16.6 Å². The number of pyridine rings is 2. The van der Waals surface area contributed by atoms with Crippen molar-refractivity contribution in [3.05, 3.63) is 112 Å². The molecule has 0 unspecified atom stereocenters. The van der Waals surface area contributed by atoms with E-state index in [0.717, 1.165) is 6.07 Å². The lowest BCUT2D eigenvalue weighted by Gasteiger charge is -2.14. The fraction of sp³-hybridized carbons (Fsp3) is 0.125. The number of fused-ring (bicyclic) bond motifs is 2. The molecule has 1 aliphatic heterocycles. The van der Waals surface area contributed by atoms with Crippen LogP contribution >= 0.6 is 0 Å². The van der Waals surface area contributed by atoms with Crippen molar-refractivity contribution < 1.29 is 32.6 Å². The van der Waals surface area contributed by atoms with Gasteiger partial charge in [-0.3, -0.25) is 23.9 Å². The van der Waals surface area contributed by atoms with Gasteiger partial charge in [-0.15, -0.1) is 0 Å². The zero-order chi connectivity index (χ0) is 31.0. The van der Waals surface area contributed by atoms with Gasteiger partial charge < -0.3 is 24.8 Å². The van der Waals surface area contributed by atoms with Crippen molar-refractivity contribution in [3.8, 4) is 28.7 Å². The first kappa shape index (κ1) is 28.3. The van der Waals surface area contributed by atoms with Crippen LogP contribution < -0.4 is 30.4 Å². The summed E-state index contributed by atoms with van der Waals surface area (Å²) < 4.78 is 46.8. The van der Waals surface area contributed by atoms with Crippen molar-refractivity contribution in [2.75, 3.05) is 26.1 Å². The average Bonchev–Trinajstić information content (AvgIpc) is 3.49. The molecule has 0 saturated carbocycles. The third-order valence-corrected chi connectivity index (χ3v) is 7.09. The second kappa shape index (κ2) is 11.5. The molecule has 2 N–H and O–H groups in total. The Bertz CT molecular complexity index is 2010. The van der Waals surface area contributed by atoms with Crippen molar-refractivity contribution in [1.29, 1.82) is 0 Å². The molecule has 5 aromatic rings. The summed E-state index contributed by atoms with van der Waals surface area (Å²) in [5.41, 5.74) is 0.858. The van der Waals surface area contributed by atoms with Gasteiger partial charge >= 0.3 is 0 Å². The van der Waals surface area contributed by atoms with Gasteiger partial charge in [-0.05, 0) is 54.6 Å². The number of hydrogen-bond acceptors (Lipinski definition) is 7. The first-order chi connectivity index (χ1) is 21.3. The Morgan fingerprint density at radius 2 is 1.77 bits per heavy atom. The van der Waals surface area contributed by atoms with Gasteiger partial charge in [0.15, 0.2) is 11.6 Å². The minimum atomic E-state index is -0.795. The van der Waals surface area contributed by atoms with Crippen LogP contribution in [-0.4, -0.2) is 42.1 Å². The Morgan fingerprint density at radius 1 is 0.977 bits per heavy atom. The summed E-state index contributed by atoms with van der Waals surface area (Å²) >= 11 is 0. The van der Waals surface area contributed by atoms with Crippen LogP contribution in [0, 0.1) is 11.6 Å². The third kappa shape index (κ3) is 5.17.